The lowest BCUT2D eigenvalue weighted by atomic mass is 10.0. The Morgan fingerprint density at radius 2 is 1.64 bits per heavy atom. The number of nitrogens with one attached hydrogen (secondary N) is 1. The number of amides is 1. The smallest absolute Gasteiger partial charge is 0.416 e. The molecule has 0 saturated carbocycles. The van der Waals surface area contributed by atoms with Crippen LogP contribution in [-0.2, 0) is 6.18 Å². The normalized spacial score (nSPS) is 11.0. The number of aryl methyl sites for hydroxylation is 1. The molecule has 1 heterocycles. The van der Waals surface area contributed by atoms with Crippen LogP contribution in [0.25, 0.3) is 22.4 Å². The molecule has 3 N–H and O–H groups in total. The van der Waals surface area contributed by atoms with Gasteiger partial charge in [0.1, 0.15) is 11.4 Å². The largest absolute Gasteiger partial charge is 0.496 e. The van der Waals surface area contributed by atoms with Crippen LogP contribution in [0.1, 0.15) is 21.6 Å². The minimum Gasteiger partial charge on any atom is -0.496 e. The summed E-state index contributed by atoms with van der Waals surface area (Å²) in [6.07, 6.45) is -4.37. The van der Waals surface area contributed by atoms with Crippen LogP contribution in [0.5, 0.6) is 5.75 Å². The van der Waals surface area contributed by atoms with Crippen molar-refractivity contribution < 1.29 is 22.7 Å². The summed E-state index contributed by atoms with van der Waals surface area (Å²) >= 11 is 0. The molecule has 8 heteroatoms. The van der Waals surface area contributed by atoms with Crippen LogP contribution in [0.2, 0.25) is 0 Å². The zero-order chi connectivity index (χ0) is 19.8. The van der Waals surface area contributed by atoms with Crippen molar-refractivity contribution in [3.63, 3.8) is 0 Å². The molecule has 0 saturated heterocycles. The molecule has 0 aliphatic carbocycles. The lowest BCUT2D eigenvalue weighted by Gasteiger charge is -2.11. The van der Waals surface area contributed by atoms with Crippen LogP contribution in [0.4, 0.5) is 13.2 Å². The highest BCUT2D eigenvalue weighted by Crippen LogP contribution is 2.36. The second-order valence-corrected chi connectivity index (χ2v) is 6.10. The van der Waals surface area contributed by atoms with Gasteiger partial charge in [0.15, 0.2) is 0 Å². The fraction of sp³-hybridized carbons (Fsp3) is 0.150. The number of hydrogen-bond donors (Lipinski definition) is 2. The maximum atomic E-state index is 12.7. The quantitative estimate of drug-likeness (QED) is 0.620. The molecule has 1 aromatic heterocycles. The van der Waals surface area contributed by atoms with Gasteiger partial charge in [0, 0.05) is 11.3 Å². The molecule has 0 atom stereocenters. The maximum Gasteiger partial charge on any atom is 0.416 e. The average molecular weight is 411 g/mol. The molecule has 148 valence electrons. The van der Waals surface area contributed by atoms with Crippen molar-refractivity contribution in [2.75, 3.05) is 7.11 Å². The lowest BCUT2D eigenvalue weighted by Crippen LogP contribution is -2.12. The van der Waals surface area contributed by atoms with Crippen LogP contribution < -0.4 is 10.5 Å². The van der Waals surface area contributed by atoms with E-state index in [0.717, 1.165) is 12.1 Å². The molecule has 4 nitrogen and oxygen atoms in total. The van der Waals surface area contributed by atoms with Gasteiger partial charge in [0.25, 0.3) is 5.91 Å². The Hall–Kier alpha value is -2.93. The van der Waals surface area contributed by atoms with Crippen molar-refractivity contribution in [1.29, 1.82) is 0 Å². The number of aromatic nitrogens is 1. The van der Waals surface area contributed by atoms with Gasteiger partial charge in [0.05, 0.1) is 12.7 Å². The first-order valence-corrected chi connectivity index (χ1v) is 8.06. The second kappa shape index (κ2) is 7.98. The number of hydrogen-bond acceptors (Lipinski definition) is 2. The van der Waals surface area contributed by atoms with E-state index in [4.69, 9.17) is 10.5 Å². The highest BCUT2D eigenvalue weighted by Gasteiger charge is 2.30. The lowest BCUT2D eigenvalue weighted by molar-refractivity contribution is -0.137. The summed E-state index contributed by atoms with van der Waals surface area (Å²) in [5.41, 5.74) is 8.39. The molecule has 28 heavy (non-hydrogen) atoms. The predicted molar refractivity (Wildman–Crippen MR) is 104 cm³/mol. The molecule has 0 bridgehead atoms. The van der Waals surface area contributed by atoms with Gasteiger partial charge in [-0.25, -0.2) is 0 Å². The van der Waals surface area contributed by atoms with E-state index in [1.54, 1.807) is 31.2 Å². The molecule has 1 amide bonds. The zero-order valence-electron chi connectivity index (χ0n) is 15.1. The predicted octanol–water partition coefficient (Wildman–Crippen LogP) is 5.21. The first kappa shape index (κ1) is 21.4. The summed E-state index contributed by atoms with van der Waals surface area (Å²) in [5, 5.41) is 0. The third-order valence-corrected chi connectivity index (χ3v) is 4.30. The summed E-state index contributed by atoms with van der Waals surface area (Å²) in [4.78, 5) is 14.4. The number of rotatable bonds is 4. The topological polar surface area (TPSA) is 68.1 Å². The number of carbonyl (C=O) groups is 1. The van der Waals surface area contributed by atoms with Crippen LogP contribution >= 0.6 is 12.4 Å². The standard InChI is InChI=1S/C20H17F3N2O2.ClH/c1-11-9-16(25-18(11)19(24)26)15-8-5-13(10-17(15)27-2)12-3-6-14(7-4-12)20(21,22)23;/h3-10,25H,1-2H3,(H2,24,26);1H. The number of halogens is 4. The number of aromatic amines is 1. The third kappa shape index (κ3) is 4.14. The number of H-pyrrole nitrogens is 1. The fourth-order valence-electron chi connectivity index (χ4n) is 2.90. The summed E-state index contributed by atoms with van der Waals surface area (Å²) in [6.45, 7) is 1.77. The van der Waals surface area contributed by atoms with E-state index in [1.807, 2.05) is 0 Å². The number of methoxy groups -OCH3 is 1. The van der Waals surface area contributed by atoms with Crippen LogP contribution in [-0.4, -0.2) is 18.0 Å². The van der Waals surface area contributed by atoms with Crippen molar-refractivity contribution in [2.24, 2.45) is 5.73 Å². The number of benzene rings is 2. The van der Waals surface area contributed by atoms with E-state index >= 15 is 0 Å². The Morgan fingerprint density at radius 1 is 1.04 bits per heavy atom. The number of ether oxygens (including phenoxy) is 1. The molecule has 0 aliphatic rings. The molecule has 3 aromatic rings. The Bertz CT molecular complexity index is 996. The first-order valence-electron chi connectivity index (χ1n) is 8.06. The van der Waals surface area contributed by atoms with Crippen molar-refractivity contribution in [2.45, 2.75) is 13.1 Å². The summed E-state index contributed by atoms with van der Waals surface area (Å²) in [5.74, 6) is -0.0382. The highest BCUT2D eigenvalue weighted by molar-refractivity contribution is 5.94. The summed E-state index contributed by atoms with van der Waals surface area (Å²) in [7, 11) is 1.50. The molecular formula is C20H18ClF3N2O2. The zero-order valence-corrected chi connectivity index (χ0v) is 15.9. The summed E-state index contributed by atoms with van der Waals surface area (Å²) < 4.78 is 43.6. The fourth-order valence-corrected chi connectivity index (χ4v) is 2.90. The van der Waals surface area contributed by atoms with Crippen LogP contribution in [0.15, 0.2) is 48.5 Å². The molecule has 2 aromatic carbocycles. The van der Waals surface area contributed by atoms with E-state index in [0.29, 0.717) is 39.4 Å². The number of carbonyl (C=O) groups excluding carboxylic acids is 1. The minimum absolute atomic E-state index is 0. The molecule has 0 aliphatic heterocycles. The highest BCUT2D eigenvalue weighted by atomic mass is 35.5. The van der Waals surface area contributed by atoms with Crippen LogP contribution in [0.3, 0.4) is 0 Å². The van der Waals surface area contributed by atoms with Crippen molar-refractivity contribution in [3.05, 3.63) is 65.4 Å². The van der Waals surface area contributed by atoms with E-state index < -0.39 is 17.6 Å². The van der Waals surface area contributed by atoms with Gasteiger partial charge >= 0.3 is 6.18 Å². The summed E-state index contributed by atoms with van der Waals surface area (Å²) in [6, 6.07) is 12.0. The first-order chi connectivity index (χ1) is 12.7. The maximum absolute atomic E-state index is 12.7. The Balaban J connectivity index is 0.00000280. The van der Waals surface area contributed by atoms with Crippen molar-refractivity contribution in [3.8, 4) is 28.1 Å². The van der Waals surface area contributed by atoms with Gasteiger partial charge in [-0.15, -0.1) is 12.4 Å². The monoisotopic (exact) mass is 410 g/mol. The van der Waals surface area contributed by atoms with Gasteiger partial charge in [-0.2, -0.15) is 13.2 Å². The molecule has 0 radical (unpaired) electrons. The van der Waals surface area contributed by atoms with Crippen molar-refractivity contribution in [1.82, 2.24) is 4.98 Å². The van der Waals surface area contributed by atoms with Gasteiger partial charge < -0.3 is 15.5 Å². The third-order valence-electron chi connectivity index (χ3n) is 4.30. The SMILES string of the molecule is COc1cc(-c2ccc(C(F)(F)F)cc2)ccc1-c1cc(C)c(C(N)=O)[nH]1.Cl. The average Bonchev–Trinajstić information content (AvgIpc) is 3.02. The second-order valence-electron chi connectivity index (χ2n) is 6.10. The number of primary amides is 1. The minimum atomic E-state index is -4.37. The molecule has 0 unspecified atom stereocenters. The number of nitrogens with two attached hydrogens (primary N) is 1. The molecular weight excluding hydrogens is 393 g/mol. The Morgan fingerprint density at radius 3 is 2.14 bits per heavy atom. The van der Waals surface area contributed by atoms with E-state index in [2.05, 4.69) is 4.98 Å². The van der Waals surface area contributed by atoms with Crippen LogP contribution in [0, 0.1) is 6.92 Å². The van der Waals surface area contributed by atoms with Gasteiger partial charge in [0.2, 0.25) is 0 Å². The van der Waals surface area contributed by atoms with Crippen molar-refractivity contribution >= 4 is 18.3 Å². The Labute approximate surface area is 165 Å². The van der Waals surface area contributed by atoms with Gasteiger partial charge in [-0.3, -0.25) is 4.79 Å². The number of alkyl halides is 3. The van der Waals surface area contributed by atoms with E-state index in [-0.39, 0.29) is 12.4 Å². The van der Waals surface area contributed by atoms with E-state index in [1.165, 1.54) is 19.2 Å². The molecule has 3 rings (SSSR count). The molecule has 0 fully saturated rings. The van der Waals surface area contributed by atoms with Gasteiger partial charge in [-0.1, -0.05) is 18.2 Å². The Kier molecular flexibility index (Phi) is 6.09. The molecule has 0 spiro atoms. The van der Waals surface area contributed by atoms with Gasteiger partial charge in [-0.05, 0) is 53.9 Å². The van der Waals surface area contributed by atoms with E-state index in [9.17, 15) is 18.0 Å².